The van der Waals surface area contributed by atoms with Crippen LogP contribution in [0.4, 0.5) is 15.5 Å². The van der Waals surface area contributed by atoms with Crippen LogP contribution >= 0.6 is 11.3 Å². The van der Waals surface area contributed by atoms with Crippen molar-refractivity contribution in [1.29, 1.82) is 0 Å². The van der Waals surface area contributed by atoms with E-state index in [4.69, 9.17) is 0 Å². The largest absolute Gasteiger partial charge is 0.324 e. The van der Waals surface area contributed by atoms with Crippen LogP contribution in [0.2, 0.25) is 0 Å². The van der Waals surface area contributed by atoms with Gasteiger partial charge in [0, 0.05) is 17.5 Å². The van der Waals surface area contributed by atoms with Gasteiger partial charge in [-0.15, -0.1) is 11.3 Å². The van der Waals surface area contributed by atoms with Gasteiger partial charge in [0.2, 0.25) is 0 Å². The number of fused-ring (bicyclic) bond motifs is 1. The molecule has 0 spiro atoms. The number of nitrogens with one attached hydrogen (secondary N) is 2. The Hall–Kier alpha value is -1.92. The van der Waals surface area contributed by atoms with Crippen molar-refractivity contribution < 1.29 is 9.00 Å². The lowest BCUT2D eigenvalue weighted by Crippen LogP contribution is -2.19. The number of hydrogen-bond donors (Lipinski definition) is 2. The first-order valence-corrected chi connectivity index (χ1v) is 9.31. The minimum atomic E-state index is -1.05. The van der Waals surface area contributed by atoms with Crippen molar-refractivity contribution in [2.24, 2.45) is 0 Å². The quantitative estimate of drug-likeness (QED) is 0.889. The number of amides is 2. The fourth-order valence-corrected chi connectivity index (χ4v) is 4.59. The first-order chi connectivity index (χ1) is 10.6. The SMILES string of the molecule is CS(=O)c1sc(NC(=O)Nc2ccccc2)c2c1C=CCC2. The molecule has 0 saturated carbocycles. The summed E-state index contributed by atoms with van der Waals surface area (Å²) in [5.74, 6) is 0. The van der Waals surface area contributed by atoms with Crippen LogP contribution in [0.25, 0.3) is 6.08 Å². The maximum absolute atomic E-state index is 12.1. The second-order valence-electron chi connectivity index (χ2n) is 4.95. The molecule has 22 heavy (non-hydrogen) atoms. The van der Waals surface area contributed by atoms with Crippen molar-refractivity contribution in [2.75, 3.05) is 16.9 Å². The van der Waals surface area contributed by atoms with Gasteiger partial charge in [-0.05, 0) is 30.5 Å². The summed E-state index contributed by atoms with van der Waals surface area (Å²) < 4.78 is 12.7. The van der Waals surface area contributed by atoms with Gasteiger partial charge in [0.25, 0.3) is 0 Å². The Balaban J connectivity index is 1.82. The molecule has 2 aromatic rings. The van der Waals surface area contributed by atoms with Gasteiger partial charge in [0.15, 0.2) is 0 Å². The molecule has 4 nitrogen and oxygen atoms in total. The zero-order chi connectivity index (χ0) is 15.5. The van der Waals surface area contributed by atoms with E-state index in [1.54, 1.807) is 6.26 Å². The molecule has 114 valence electrons. The molecular weight excluding hydrogens is 316 g/mol. The number of allylic oxidation sites excluding steroid dienone is 1. The smallest absolute Gasteiger partial charge is 0.308 e. The van der Waals surface area contributed by atoms with Gasteiger partial charge in [-0.3, -0.25) is 9.53 Å². The summed E-state index contributed by atoms with van der Waals surface area (Å²) in [5.41, 5.74) is 2.83. The van der Waals surface area contributed by atoms with E-state index in [-0.39, 0.29) is 6.03 Å². The molecular formula is C16H16N2O2S2. The molecule has 0 aliphatic heterocycles. The highest BCUT2D eigenvalue weighted by molar-refractivity contribution is 7.86. The third kappa shape index (κ3) is 3.13. The summed E-state index contributed by atoms with van der Waals surface area (Å²) in [4.78, 5) is 12.1. The second-order valence-corrected chi connectivity index (χ2v) is 7.55. The first kappa shape index (κ1) is 15.0. The van der Waals surface area contributed by atoms with E-state index in [0.29, 0.717) is 0 Å². The van der Waals surface area contributed by atoms with Crippen molar-refractivity contribution in [1.82, 2.24) is 0 Å². The molecule has 6 heteroatoms. The Morgan fingerprint density at radius 2 is 2.00 bits per heavy atom. The topological polar surface area (TPSA) is 58.2 Å². The van der Waals surface area contributed by atoms with Crippen molar-refractivity contribution in [3.05, 3.63) is 47.5 Å². The van der Waals surface area contributed by atoms with Gasteiger partial charge >= 0.3 is 6.03 Å². The molecule has 0 saturated heterocycles. The first-order valence-electron chi connectivity index (χ1n) is 6.94. The van der Waals surface area contributed by atoms with Crippen LogP contribution < -0.4 is 10.6 Å². The van der Waals surface area contributed by atoms with Gasteiger partial charge < -0.3 is 5.32 Å². The monoisotopic (exact) mass is 332 g/mol. The van der Waals surface area contributed by atoms with E-state index in [9.17, 15) is 9.00 Å². The number of hydrogen-bond acceptors (Lipinski definition) is 3. The highest BCUT2D eigenvalue weighted by Gasteiger charge is 2.21. The van der Waals surface area contributed by atoms with E-state index in [2.05, 4.69) is 16.7 Å². The fraction of sp³-hybridized carbons (Fsp3) is 0.188. The van der Waals surface area contributed by atoms with E-state index in [1.807, 2.05) is 36.4 Å². The molecule has 3 rings (SSSR count). The van der Waals surface area contributed by atoms with Crippen LogP contribution in [-0.4, -0.2) is 16.5 Å². The van der Waals surface area contributed by atoms with Crippen molar-refractivity contribution in [3.63, 3.8) is 0 Å². The summed E-state index contributed by atoms with van der Waals surface area (Å²) in [5, 5.41) is 6.48. The lowest BCUT2D eigenvalue weighted by molar-refractivity contribution is 0.262. The minimum absolute atomic E-state index is 0.279. The standard InChI is InChI=1S/C16H16N2O2S2/c1-22(20)15-13-10-6-5-9-12(13)14(21-15)18-16(19)17-11-7-3-2-4-8-11/h2-4,6-8,10H,5,9H2,1H3,(H2,17,18,19). The fourth-order valence-electron chi connectivity index (χ4n) is 2.40. The summed E-state index contributed by atoms with van der Waals surface area (Å²) in [6.07, 6.45) is 7.56. The Morgan fingerprint density at radius 3 is 2.73 bits per heavy atom. The number of rotatable bonds is 3. The number of para-hydroxylation sites is 1. The maximum atomic E-state index is 12.1. The number of carbonyl (C=O) groups excluding carboxylic acids is 1. The Kier molecular flexibility index (Phi) is 4.40. The van der Waals surface area contributed by atoms with Crippen LogP contribution in [0.1, 0.15) is 17.5 Å². The predicted octanol–water partition coefficient (Wildman–Crippen LogP) is 4.09. The predicted molar refractivity (Wildman–Crippen MR) is 93.1 cm³/mol. The van der Waals surface area contributed by atoms with Crippen LogP contribution in [0.5, 0.6) is 0 Å². The van der Waals surface area contributed by atoms with Crippen molar-refractivity contribution in [2.45, 2.75) is 17.1 Å². The molecule has 1 unspecified atom stereocenters. The molecule has 1 aliphatic carbocycles. The molecule has 1 aromatic heterocycles. The zero-order valence-corrected chi connectivity index (χ0v) is 13.7. The molecule has 0 fully saturated rings. The summed E-state index contributed by atoms with van der Waals surface area (Å²) in [7, 11) is -1.05. The van der Waals surface area contributed by atoms with E-state index >= 15 is 0 Å². The Morgan fingerprint density at radius 1 is 1.23 bits per heavy atom. The number of urea groups is 1. The molecule has 1 aromatic carbocycles. The average Bonchev–Trinajstić information content (AvgIpc) is 2.87. The van der Waals surface area contributed by atoms with E-state index in [0.717, 1.165) is 38.9 Å². The van der Waals surface area contributed by atoms with Crippen LogP contribution in [0, 0.1) is 0 Å². The molecule has 0 radical (unpaired) electrons. The van der Waals surface area contributed by atoms with Gasteiger partial charge in [0.05, 0.1) is 10.8 Å². The van der Waals surface area contributed by atoms with Crippen molar-refractivity contribution in [3.8, 4) is 0 Å². The molecule has 2 N–H and O–H groups in total. The summed E-state index contributed by atoms with van der Waals surface area (Å²) in [6.45, 7) is 0. The van der Waals surface area contributed by atoms with E-state index in [1.165, 1.54) is 11.3 Å². The van der Waals surface area contributed by atoms with Crippen LogP contribution in [0.3, 0.4) is 0 Å². The van der Waals surface area contributed by atoms with Crippen LogP contribution in [-0.2, 0) is 17.2 Å². The zero-order valence-electron chi connectivity index (χ0n) is 12.1. The molecule has 2 amide bonds. The lowest BCUT2D eigenvalue weighted by atomic mass is 10.0. The lowest BCUT2D eigenvalue weighted by Gasteiger charge is -2.10. The highest BCUT2D eigenvalue weighted by atomic mass is 32.2. The van der Waals surface area contributed by atoms with Gasteiger partial charge in [-0.25, -0.2) is 4.79 Å². The Labute approximate surface area is 135 Å². The number of anilines is 2. The van der Waals surface area contributed by atoms with Crippen molar-refractivity contribution >= 4 is 44.9 Å². The molecule has 1 heterocycles. The minimum Gasteiger partial charge on any atom is -0.308 e. The normalized spacial score (nSPS) is 14.2. The number of thiophene rings is 1. The summed E-state index contributed by atoms with van der Waals surface area (Å²) >= 11 is 1.40. The van der Waals surface area contributed by atoms with Crippen LogP contribution in [0.15, 0.2) is 40.6 Å². The number of benzene rings is 1. The highest BCUT2D eigenvalue weighted by Crippen LogP contribution is 2.39. The molecule has 1 atom stereocenters. The third-order valence-corrected chi connectivity index (χ3v) is 6.03. The van der Waals surface area contributed by atoms with Gasteiger partial charge in [-0.2, -0.15) is 0 Å². The molecule has 0 bridgehead atoms. The number of carbonyl (C=O) groups is 1. The van der Waals surface area contributed by atoms with E-state index < -0.39 is 10.8 Å². The van der Waals surface area contributed by atoms with Gasteiger partial charge in [-0.1, -0.05) is 30.4 Å². The summed E-state index contributed by atoms with van der Waals surface area (Å²) in [6, 6.07) is 9.02. The maximum Gasteiger partial charge on any atom is 0.324 e. The molecule has 1 aliphatic rings. The second kappa shape index (κ2) is 6.46. The average molecular weight is 332 g/mol. The van der Waals surface area contributed by atoms with Gasteiger partial charge in [0.1, 0.15) is 9.21 Å². The third-order valence-electron chi connectivity index (χ3n) is 3.38. The Bertz CT molecular complexity index is 751.